The van der Waals surface area contributed by atoms with Crippen molar-refractivity contribution in [3.8, 4) is 11.5 Å². The quantitative estimate of drug-likeness (QED) is 0.175. The van der Waals surface area contributed by atoms with Gasteiger partial charge in [-0.15, -0.1) is 0 Å². The highest BCUT2D eigenvalue weighted by molar-refractivity contribution is 5.89. The summed E-state index contributed by atoms with van der Waals surface area (Å²) in [6, 6.07) is 20.5. The first-order valence-corrected chi connectivity index (χ1v) is 12.7. The maximum absolute atomic E-state index is 12.0. The van der Waals surface area contributed by atoms with E-state index in [1.165, 1.54) is 11.1 Å². The maximum atomic E-state index is 12.0. The fourth-order valence-corrected chi connectivity index (χ4v) is 4.31. The van der Waals surface area contributed by atoms with Gasteiger partial charge in [-0.05, 0) is 73.2 Å². The Kier molecular flexibility index (Phi) is 8.16. The minimum absolute atomic E-state index is 0.287. The van der Waals surface area contributed by atoms with E-state index in [0.717, 1.165) is 22.3 Å². The predicted molar refractivity (Wildman–Crippen MR) is 154 cm³/mol. The lowest BCUT2D eigenvalue weighted by Gasteiger charge is -2.31. The molecule has 4 nitrogen and oxygen atoms in total. The van der Waals surface area contributed by atoms with Gasteiger partial charge in [0, 0.05) is 22.0 Å². The molecule has 3 aromatic carbocycles. The molecule has 0 aliphatic carbocycles. The van der Waals surface area contributed by atoms with Crippen LogP contribution in [0, 0.1) is 13.8 Å². The van der Waals surface area contributed by atoms with Crippen molar-refractivity contribution in [1.82, 2.24) is 0 Å². The van der Waals surface area contributed by atoms with E-state index < -0.39 is 11.9 Å². The van der Waals surface area contributed by atoms with Gasteiger partial charge < -0.3 is 9.47 Å². The highest BCUT2D eigenvalue weighted by Gasteiger charge is 2.29. The first kappa shape index (κ1) is 28.6. The van der Waals surface area contributed by atoms with Gasteiger partial charge in [0.05, 0.1) is 0 Å². The number of carbonyl (C=O) groups is 2. The molecule has 198 valence electrons. The van der Waals surface area contributed by atoms with E-state index in [-0.39, 0.29) is 10.8 Å². The number of aryl methyl sites for hydroxylation is 2. The van der Waals surface area contributed by atoms with E-state index in [0.29, 0.717) is 22.6 Å². The summed E-state index contributed by atoms with van der Waals surface area (Å²) >= 11 is 0. The highest BCUT2D eigenvalue weighted by atomic mass is 16.5. The molecular formula is C34H38O4. The van der Waals surface area contributed by atoms with Crippen LogP contribution >= 0.6 is 0 Å². The molecule has 0 bridgehead atoms. The van der Waals surface area contributed by atoms with Crippen molar-refractivity contribution in [2.45, 2.75) is 66.2 Å². The van der Waals surface area contributed by atoms with Crippen LogP contribution in [0.2, 0.25) is 0 Å². The summed E-state index contributed by atoms with van der Waals surface area (Å²) in [5.41, 5.74) is 6.55. The molecule has 4 heteroatoms. The molecule has 0 unspecified atom stereocenters. The van der Waals surface area contributed by atoms with Crippen LogP contribution in [0.1, 0.15) is 74.9 Å². The van der Waals surface area contributed by atoms with Crippen LogP contribution in [-0.4, -0.2) is 11.9 Å². The second-order valence-electron chi connectivity index (χ2n) is 11.1. The molecule has 3 aromatic rings. The third-order valence-electron chi connectivity index (χ3n) is 7.20. The molecule has 0 fully saturated rings. The molecule has 0 aromatic heterocycles. The Morgan fingerprint density at radius 2 is 0.947 bits per heavy atom. The number of hydrogen-bond acceptors (Lipinski definition) is 4. The summed E-state index contributed by atoms with van der Waals surface area (Å²) in [6.45, 7) is 23.3. The van der Waals surface area contributed by atoms with Gasteiger partial charge in [-0.3, -0.25) is 0 Å². The van der Waals surface area contributed by atoms with Gasteiger partial charge in [0.15, 0.2) is 0 Å². The second-order valence-corrected chi connectivity index (χ2v) is 11.1. The lowest BCUT2D eigenvalue weighted by molar-refractivity contribution is -0.131. The fraction of sp³-hybridized carbons (Fsp3) is 0.294. The zero-order valence-corrected chi connectivity index (χ0v) is 23.8. The minimum atomic E-state index is -0.424. The van der Waals surface area contributed by atoms with Gasteiger partial charge in [-0.2, -0.15) is 0 Å². The van der Waals surface area contributed by atoms with Gasteiger partial charge in [-0.1, -0.05) is 89.4 Å². The second kappa shape index (κ2) is 10.8. The van der Waals surface area contributed by atoms with Crippen molar-refractivity contribution in [3.05, 3.63) is 118 Å². The molecule has 38 heavy (non-hydrogen) atoms. The van der Waals surface area contributed by atoms with Crippen molar-refractivity contribution in [3.63, 3.8) is 0 Å². The van der Waals surface area contributed by atoms with Crippen LogP contribution in [0.25, 0.3) is 0 Å². The average Bonchev–Trinajstić information content (AvgIpc) is 2.86. The van der Waals surface area contributed by atoms with E-state index in [1.54, 1.807) is 13.8 Å². The summed E-state index contributed by atoms with van der Waals surface area (Å²) < 4.78 is 10.9. The predicted octanol–water partition coefficient (Wildman–Crippen LogP) is 7.92. The van der Waals surface area contributed by atoms with Gasteiger partial charge in [0.1, 0.15) is 11.5 Å². The summed E-state index contributed by atoms with van der Waals surface area (Å²) in [5, 5.41) is 0. The van der Waals surface area contributed by atoms with Crippen molar-refractivity contribution >= 4 is 11.9 Å². The number of esters is 2. The zero-order valence-electron chi connectivity index (χ0n) is 23.8. The normalized spacial score (nSPS) is 11.6. The molecule has 0 N–H and O–H groups in total. The largest absolute Gasteiger partial charge is 0.423 e. The molecule has 3 rings (SSSR count). The number of carbonyl (C=O) groups excluding carboxylic acids is 2. The number of benzene rings is 3. The molecule has 0 aliphatic rings. The Morgan fingerprint density at radius 3 is 1.26 bits per heavy atom. The Hall–Kier alpha value is -3.92. The minimum Gasteiger partial charge on any atom is -0.423 e. The molecule has 0 spiro atoms. The van der Waals surface area contributed by atoms with Gasteiger partial charge in [0.2, 0.25) is 0 Å². The number of hydrogen-bond donors (Lipinski definition) is 0. The van der Waals surface area contributed by atoms with Crippen LogP contribution in [0.4, 0.5) is 0 Å². The standard InChI is InChI=1S/C34H38O4/c1-21(2)31(35)37-29-16-14-27(18-23(29)5)33(7,8)25-12-11-13-26(20-25)34(9,10)28-15-17-30(24(6)19-28)38-32(36)22(3)4/h11-20H,1,3H2,2,4-10H3. The van der Waals surface area contributed by atoms with Gasteiger partial charge >= 0.3 is 11.9 Å². The van der Waals surface area contributed by atoms with Crippen LogP contribution in [0.3, 0.4) is 0 Å². The van der Waals surface area contributed by atoms with E-state index in [1.807, 2.05) is 38.1 Å². The van der Waals surface area contributed by atoms with Gasteiger partial charge in [0.25, 0.3) is 0 Å². The molecule has 0 radical (unpaired) electrons. The Bertz CT molecular complexity index is 1320. The van der Waals surface area contributed by atoms with E-state index >= 15 is 0 Å². The Balaban J connectivity index is 1.93. The third kappa shape index (κ3) is 5.96. The fourth-order valence-electron chi connectivity index (χ4n) is 4.31. The molecule has 0 heterocycles. The first-order valence-electron chi connectivity index (χ1n) is 12.7. The monoisotopic (exact) mass is 510 g/mol. The topological polar surface area (TPSA) is 52.6 Å². The lowest BCUT2D eigenvalue weighted by atomic mass is 9.73. The molecule has 0 saturated carbocycles. The lowest BCUT2D eigenvalue weighted by Crippen LogP contribution is -2.23. The number of rotatable bonds is 8. The molecule has 0 saturated heterocycles. The molecule has 0 atom stereocenters. The van der Waals surface area contributed by atoms with E-state index in [4.69, 9.17) is 9.47 Å². The molecule has 0 aliphatic heterocycles. The Labute approximate surface area is 227 Å². The average molecular weight is 511 g/mol. The summed E-state index contributed by atoms with van der Waals surface area (Å²) in [4.78, 5) is 24.0. The zero-order chi connectivity index (χ0) is 28.4. The van der Waals surface area contributed by atoms with Crippen LogP contribution in [0.5, 0.6) is 11.5 Å². The third-order valence-corrected chi connectivity index (χ3v) is 7.20. The summed E-state index contributed by atoms with van der Waals surface area (Å²) in [7, 11) is 0. The smallest absolute Gasteiger partial charge is 0.338 e. The van der Waals surface area contributed by atoms with Gasteiger partial charge in [-0.25, -0.2) is 9.59 Å². The summed E-state index contributed by atoms with van der Waals surface area (Å²) in [5.74, 6) is 0.236. The maximum Gasteiger partial charge on any atom is 0.338 e. The van der Waals surface area contributed by atoms with Crippen LogP contribution < -0.4 is 9.47 Å². The van der Waals surface area contributed by atoms with E-state index in [2.05, 4.69) is 77.3 Å². The highest BCUT2D eigenvalue weighted by Crippen LogP contribution is 2.39. The summed E-state index contributed by atoms with van der Waals surface area (Å²) in [6.07, 6.45) is 0. The first-order chi connectivity index (χ1) is 17.6. The SMILES string of the molecule is C=C(C)C(=O)Oc1ccc(C(C)(C)c2cccc(C(C)(C)c3ccc(OC(=O)C(=C)C)c(C)c3)c2)cc1C. The van der Waals surface area contributed by atoms with Crippen LogP contribution in [0.15, 0.2) is 85.0 Å². The number of ether oxygens (including phenoxy) is 2. The molecular weight excluding hydrogens is 472 g/mol. The van der Waals surface area contributed by atoms with Crippen molar-refractivity contribution in [2.75, 3.05) is 0 Å². The van der Waals surface area contributed by atoms with Crippen LogP contribution in [-0.2, 0) is 20.4 Å². The van der Waals surface area contributed by atoms with Crippen molar-refractivity contribution in [1.29, 1.82) is 0 Å². The molecule has 0 amide bonds. The Morgan fingerprint density at radius 1 is 0.605 bits per heavy atom. The van der Waals surface area contributed by atoms with Crippen molar-refractivity contribution < 1.29 is 19.1 Å². The van der Waals surface area contributed by atoms with Crippen molar-refractivity contribution in [2.24, 2.45) is 0 Å². The van der Waals surface area contributed by atoms with E-state index in [9.17, 15) is 9.59 Å².